The maximum absolute atomic E-state index is 11.4. The van der Waals surface area contributed by atoms with Crippen LogP contribution in [0, 0.1) is 0 Å². The first kappa shape index (κ1) is 16.2. The van der Waals surface area contributed by atoms with E-state index in [1.807, 2.05) is 0 Å². The van der Waals surface area contributed by atoms with Gasteiger partial charge in [-0.25, -0.2) is 13.2 Å². The first-order valence-corrected chi connectivity index (χ1v) is 7.90. The fourth-order valence-corrected chi connectivity index (χ4v) is 3.40. The molecule has 100 valence electrons. The van der Waals surface area contributed by atoms with E-state index in [0.717, 1.165) is 0 Å². The van der Waals surface area contributed by atoms with Crippen molar-refractivity contribution in [3.05, 3.63) is 0 Å². The molecule has 0 saturated carbocycles. The van der Waals surface area contributed by atoms with E-state index in [4.69, 9.17) is 5.11 Å². The van der Waals surface area contributed by atoms with Crippen molar-refractivity contribution in [3.63, 3.8) is 0 Å². The predicted molar refractivity (Wildman–Crippen MR) is 66.9 cm³/mol. The molecule has 1 unspecified atom stereocenters. The Bertz CT molecular complexity index is 352. The van der Waals surface area contributed by atoms with Crippen molar-refractivity contribution in [1.29, 1.82) is 0 Å². The summed E-state index contributed by atoms with van der Waals surface area (Å²) in [4.78, 5) is 20.8. The molecule has 1 amide bonds. The molecule has 0 aliphatic rings. The van der Waals surface area contributed by atoms with E-state index >= 15 is 0 Å². The van der Waals surface area contributed by atoms with Gasteiger partial charge in [0.2, 0.25) is 6.41 Å². The van der Waals surface area contributed by atoms with Crippen molar-refractivity contribution in [1.82, 2.24) is 5.32 Å². The maximum Gasteiger partial charge on any atom is 0.327 e. The Morgan fingerprint density at radius 2 is 2.06 bits per heavy atom. The van der Waals surface area contributed by atoms with Crippen LogP contribution < -0.4 is 5.32 Å². The Morgan fingerprint density at radius 1 is 1.47 bits per heavy atom. The highest BCUT2D eigenvalue weighted by atomic mass is 32.2. The predicted octanol–water partition coefficient (Wildman–Crippen LogP) is -0.258. The van der Waals surface area contributed by atoms with Gasteiger partial charge in [-0.3, -0.25) is 4.79 Å². The average molecular weight is 283 g/mol. The Hall–Kier alpha value is -0.760. The van der Waals surface area contributed by atoms with Gasteiger partial charge in [0.05, 0.1) is 11.0 Å². The number of carboxylic acid groups (broad SMARTS) is 1. The lowest BCUT2D eigenvalue weighted by atomic mass is 10.3. The van der Waals surface area contributed by atoms with Crippen molar-refractivity contribution in [2.75, 3.05) is 17.3 Å². The molecule has 0 heterocycles. The average Bonchev–Trinajstić information content (AvgIpc) is 2.22. The van der Waals surface area contributed by atoms with Gasteiger partial charge in [-0.15, -0.1) is 0 Å². The molecule has 6 nitrogen and oxygen atoms in total. The van der Waals surface area contributed by atoms with Crippen molar-refractivity contribution in [3.8, 4) is 0 Å². The highest BCUT2D eigenvalue weighted by Crippen LogP contribution is 2.08. The number of aliphatic carboxylic acids is 1. The summed E-state index contributed by atoms with van der Waals surface area (Å²) < 4.78 is 22.9. The molecule has 2 N–H and O–H groups in total. The van der Waals surface area contributed by atoms with E-state index in [2.05, 4.69) is 5.32 Å². The van der Waals surface area contributed by atoms with Gasteiger partial charge in [-0.2, -0.15) is 11.8 Å². The zero-order valence-electron chi connectivity index (χ0n) is 9.75. The summed E-state index contributed by atoms with van der Waals surface area (Å²) in [5.41, 5.74) is 0. The molecule has 0 aromatic rings. The second kappa shape index (κ2) is 7.54. The van der Waals surface area contributed by atoms with Gasteiger partial charge in [0, 0.05) is 11.5 Å². The fourth-order valence-electron chi connectivity index (χ4n) is 0.885. The number of rotatable bonds is 9. The highest BCUT2D eigenvalue weighted by molar-refractivity contribution is 8.00. The molecular formula is C9H17NO5S2. The molecule has 17 heavy (non-hydrogen) atoms. The summed E-state index contributed by atoms with van der Waals surface area (Å²) in [5, 5.41) is 10.4. The molecule has 1 atom stereocenters. The van der Waals surface area contributed by atoms with Crippen LogP contribution >= 0.6 is 11.8 Å². The molecule has 0 rings (SSSR count). The smallest absolute Gasteiger partial charge is 0.327 e. The summed E-state index contributed by atoms with van der Waals surface area (Å²) in [5.74, 6) is -0.633. The zero-order chi connectivity index (χ0) is 13.5. The van der Waals surface area contributed by atoms with Crippen LogP contribution in [0.1, 0.15) is 13.8 Å². The number of thioether (sulfide) groups is 1. The molecule has 0 bridgehead atoms. The third-order valence-corrected chi connectivity index (χ3v) is 5.61. The van der Waals surface area contributed by atoms with Gasteiger partial charge in [-0.05, 0) is 13.8 Å². The second-order valence-corrected chi connectivity index (χ2v) is 7.49. The van der Waals surface area contributed by atoms with Crippen LogP contribution in [0.15, 0.2) is 0 Å². The van der Waals surface area contributed by atoms with Crippen molar-refractivity contribution >= 4 is 34.0 Å². The largest absolute Gasteiger partial charge is 0.480 e. The normalized spacial score (nSPS) is 13.4. The number of carbonyl (C=O) groups excluding carboxylic acids is 1. The molecule has 0 radical (unpaired) electrons. The lowest BCUT2D eigenvalue weighted by Crippen LogP contribution is -2.38. The van der Waals surface area contributed by atoms with E-state index in [0.29, 0.717) is 12.2 Å². The summed E-state index contributed by atoms with van der Waals surface area (Å²) in [6, 6.07) is -0.973. The summed E-state index contributed by atoms with van der Waals surface area (Å²) in [6.07, 6.45) is 0.324. The van der Waals surface area contributed by atoms with Crippen molar-refractivity contribution in [2.24, 2.45) is 0 Å². The number of amides is 1. The Morgan fingerprint density at radius 3 is 2.47 bits per heavy atom. The van der Waals surface area contributed by atoms with Gasteiger partial charge in [0.25, 0.3) is 0 Å². The van der Waals surface area contributed by atoms with Gasteiger partial charge in [0.15, 0.2) is 9.84 Å². The zero-order valence-corrected chi connectivity index (χ0v) is 11.4. The van der Waals surface area contributed by atoms with Crippen LogP contribution in [0.25, 0.3) is 0 Å². The fraction of sp³-hybridized carbons (Fsp3) is 0.778. The van der Waals surface area contributed by atoms with Gasteiger partial charge >= 0.3 is 5.97 Å². The molecule has 0 saturated heterocycles. The van der Waals surface area contributed by atoms with Crippen LogP contribution in [0.5, 0.6) is 0 Å². The van der Waals surface area contributed by atoms with Gasteiger partial charge < -0.3 is 10.4 Å². The molecule has 0 aromatic heterocycles. The van der Waals surface area contributed by atoms with E-state index in [1.54, 1.807) is 13.8 Å². The van der Waals surface area contributed by atoms with E-state index in [-0.39, 0.29) is 11.5 Å². The third kappa shape index (κ3) is 6.52. The number of nitrogens with one attached hydrogen (secondary N) is 1. The summed E-state index contributed by atoms with van der Waals surface area (Å²) >= 11 is 1.19. The summed E-state index contributed by atoms with van der Waals surface area (Å²) in [7, 11) is -3.09. The van der Waals surface area contributed by atoms with Crippen LogP contribution in [0.3, 0.4) is 0 Å². The van der Waals surface area contributed by atoms with E-state index in [1.165, 1.54) is 11.8 Å². The van der Waals surface area contributed by atoms with E-state index in [9.17, 15) is 18.0 Å². The van der Waals surface area contributed by atoms with Crippen molar-refractivity contribution < 1.29 is 23.1 Å². The number of hydrogen-bond acceptors (Lipinski definition) is 5. The Labute approximate surface area is 105 Å². The molecule has 0 aliphatic heterocycles. The quantitative estimate of drug-likeness (QED) is 0.447. The van der Waals surface area contributed by atoms with E-state index < -0.39 is 27.1 Å². The minimum Gasteiger partial charge on any atom is -0.480 e. The van der Waals surface area contributed by atoms with Crippen LogP contribution in [0.2, 0.25) is 0 Å². The number of sulfone groups is 1. The third-order valence-electron chi connectivity index (χ3n) is 2.08. The van der Waals surface area contributed by atoms with Crippen LogP contribution in [-0.4, -0.2) is 54.5 Å². The molecular weight excluding hydrogens is 266 g/mol. The van der Waals surface area contributed by atoms with Crippen molar-refractivity contribution in [2.45, 2.75) is 25.1 Å². The molecule has 8 heteroatoms. The number of carboxylic acids is 1. The second-order valence-electron chi connectivity index (χ2n) is 3.67. The maximum atomic E-state index is 11.4. The van der Waals surface area contributed by atoms with Crippen LogP contribution in [0.4, 0.5) is 0 Å². The molecule has 0 spiro atoms. The lowest BCUT2D eigenvalue weighted by molar-refractivity contribution is -0.139. The molecule has 0 fully saturated rings. The molecule has 0 aliphatic carbocycles. The first-order valence-electron chi connectivity index (χ1n) is 5.03. The number of hydrogen-bond donors (Lipinski definition) is 2. The van der Waals surface area contributed by atoms with Gasteiger partial charge in [-0.1, -0.05) is 0 Å². The first-order chi connectivity index (χ1) is 7.81. The van der Waals surface area contributed by atoms with Crippen LogP contribution in [-0.2, 0) is 19.4 Å². The molecule has 0 aromatic carbocycles. The summed E-state index contributed by atoms with van der Waals surface area (Å²) in [6.45, 7) is 3.21. The lowest BCUT2D eigenvalue weighted by Gasteiger charge is -2.11. The topological polar surface area (TPSA) is 101 Å². The minimum atomic E-state index is -3.09. The Balaban J connectivity index is 3.99. The highest BCUT2D eigenvalue weighted by Gasteiger charge is 2.18. The SMILES string of the molecule is CC(C)S(=O)(=O)CCSCC(NC=O)C(=O)O. The van der Waals surface area contributed by atoms with Gasteiger partial charge in [0.1, 0.15) is 6.04 Å². The number of carbonyl (C=O) groups is 2. The standard InChI is InChI=1S/C9H17NO5S2/c1-7(2)17(14,15)4-3-16-5-8(9(12)13)10-6-11/h6-8H,3-5H2,1-2H3,(H,10,11)(H,12,13). The Kier molecular flexibility index (Phi) is 7.21. The minimum absolute atomic E-state index is 0.0166. The monoisotopic (exact) mass is 283 g/mol.